The predicted octanol–water partition coefficient (Wildman–Crippen LogP) is 4.20. The van der Waals surface area contributed by atoms with Crippen LogP contribution in [0.5, 0.6) is 11.5 Å². The van der Waals surface area contributed by atoms with Crippen molar-refractivity contribution in [1.82, 2.24) is 10.2 Å². The summed E-state index contributed by atoms with van der Waals surface area (Å²) >= 11 is 6.11. The molecule has 7 heteroatoms. The van der Waals surface area contributed by atoms with E-state index in [1.165, 1.54) is 0 Å². The Morgan fingerprint density at radius 3 is 2.45 bits per heavy atom. The summed E-state index contributed by atoms with van der Waals surface area (Å²) in [6.07, 6.45) is 4.23. The molecule has 1 fully saturated rings. The largest absolute Gasteiger partial charge is 0.497 e. The van der Waals surface area contributed by atoms with Crippen molar-refractivity contribution in [3.63, 3.8) is 0 Å². The van der Waals surface area contributed by atoms with Crippen molar-refractivity contribution in [2.75, 3.05) is 13.7 Å². The van der Waals surface area contributed by atoms with Crippen molar-refractivity contribution >= 4 is 23.4 Å². The van der Waals surface area contributed by atoms with Gasteiger partial charge in [0, 0.05) is 17.6 Å². The Labute approximate surface area is 188 Å². The molecule has 0 radical (unpaired) electrons. The number of hydrogen-bond acceptors (Lipinski definition) is 4. The Bertz CT molecular complexity index is 881. The first-order chi connectivity index (χ1) is 15.0. The lowest BCUT2D eigenvalue weighted by molar-refractivity contribution is -0.142. The molecule has 3 rings (SSSR count). The topological polar surface area (TPSA) is 67.9 Å². The first kappa shape index (κ1) is 22.9. The van der Waals surface area contributed by atoms with Crippen molar-refractivity contribution in [2.24, 2.45) is 0 Å². The van der Waals surface area contributed by atoms with Gasteiger partial charge < -0.3 is 19.7 Å². The van der Waals surface area contributed by atoms with Gasteiger partial charge in [0.15, 0.2) is 6.61 Å². The van der Waals surface area contributed by atoms with Gasteiger partial charge in [-0.05, 0) is 61.7 Å². The third kappa shape index (κ3) is 6.62. The number of methoxy groups -OCH3 is 1. The highest BCUT2D eigenvalue weighted by molar-refractivity contribution is 6.30. The molecular formula is C24H29ClN2O4. The van der Waals surface area contributed by atoms with E-state index in [9.17, 15) is 9.59 Å². The van der Waals surface area contributed by atoms with E-state index < -0.39 is 6.04 Å². The molecule has 0 aliphatic heterocycles. The summed E-state index contributed by atoms with van der Waals surface area (Å²) in [5.41, 5.74) is 0.853. The third-order valence-electron chi connectivity index (χ3n) is 5.53. The van der Waals surface area contributed by atoms with Crippen molar-refractivity contribution < 1.29 is 19.1 Å². The molecule has 31 heavy (non-hydrogen) atoms. The highest BCUT2D eigenvalue weighted by Crippen LogP contribution is 2.20. The highest BCUT2D eigenvalue weighted by Gasteiger charge is 2.28. The number of carbonyl (C=O) groups is 2. The van der Waals surface area contributed by atoms with E-state index in [0.29, 0.717) is 16.5 Å². The van der Waals surface area contributed by atoms with Gasteiger partial charge >= 0.3 is 0 Å². The molecule has 1 aliphatic rings. The van der Waals surface area contributed by atoms with Gasteiger partial charge in [-0.2, -0.15) is 0 Å². The van der Waals surface area contributed by atoms with E-state index >= 15 is 0 Å². The second kappa shape index (κ2) is 11.0. The number of halogens is 1. The summed E-state index contributed by atoms with van der Waals surface area (Å²) in [6.45, 7) is 1.85. The second-order valence-corrected chi connectivity index (χ2v) is 8.22. The molecule has 0 bridgehead atoms. The molecule has 0 aromatic heterocycles. The molecule has 1 saturated carbocycles. The number of rotatable bonds is 9. The van der Waals surface area contributed by atoms with E-state index in [2.05, 4.69) is 5.32 Å². The molecule has 166 valence electrons. The quantitative estimate of drug-likeness (QED) is 0.629. The fourth-order valence-corrected chi connectivity index (χ4v) is 3.92. The lowest BCUT2D eigenvalue weighted by atomic mass is 10.1. The van der Waals surface area contributed by atoms with Crippen LogP contribution in [0.2, 0.25) is 5.02 Å². The Morgan fingerprint density at radius 2 is 1.81 bits per heavy atom. The zero-order chi connectivity index (χ0) is 22.2. The maximum atomic E-state index is 13.1. The van der Waals surface area contributed by atoms with Crippen LogP contribution in [0, 0.1) is 0 Å². The van der Waals surface area contributed by atoms with Crippen LogP contribution in [-0.4, -0.2) is 42.5 Å². The standard InChI is InChI=1S/C24H29ClN2O4/c1-17(24(29)26-20-8-3-4-9-20)27(15-18-6-5-7-19(25)14-18)23(28)16-31-22-12-10-21(30-2)11-13-22/h5-7,10-14,17,20H,3-4,8-9,15-16H2,1-2H3,(H,26,29). The number of hydrogen-bond donors (Lipinski definition) is 1. The maximum absolute atomic E-state index is 13.1. The fourth-order valence-electron chi connectivity index (χ4n) is 3.71. The van der Waals surface area contributed by atoms with Gasteiger partial charge in [0.1, 0.15) is 17.5 Å². The Hall–Kier alpha value is -2.73. The van der Waals surface area contributed by atoms with Gasteiger partial charge in [-0.15, -0.1) is 0 Å². The zero-order valence-electron chi connectivity index (χ0n) is 18.0. The Balaban J connectivity index is 1.69. The molecule has 2 amide bonds. The van der Waals surface area contributed by atoms with Crippen LogP contribution < -0.4 is 14.8 Å². The average Bonchev–Trinajstić information content (AvgIpc) is 3.28. The monoisotopic (exact) mass is 444 g/mol. The van der Waals surface area contributed by atoms with Crippen molar-refractivity contribution in [3.8, 4) is 11.5 Å². The summed E-state index contributed by atoms with van der Waals surface area (Å²) in [7, 11) is 1.59. The molecule has 1 aliphatic carbocycles. The average molecular weight is 445 g/mol. The first-order valence-electron chi connectivity index (χ1n) is 10.6. The smallest absolute Gasteiger partial charge is 0.261 e. The molecule has 0 spiro atoms. The van der Waals surface area contributed by atoms with Crippen LogP contribution in [0.3, 0.4) is 0 Å². The minimum atomic E-state index is -0.633. The molecular weight excluding hydrogens is 416 g/mol. The van der Waals surface area contributed by atoms with Crippen LogP contribution in [0.15, 0.2) is 48.5 Å². The minimum absolute atomic E-state index is 0.147. The fraction of sp³-hybridized carbons (Fsp3) is 0.417. The summed E-state index contributed by atoms with van der Waals surface area (Å²) < 4.78 is 10.8. The number of benzene rings is 2. The van der Waals surface area contributed by atoms with Crippen LogP contribution >= 0.6 is 11.6 Å². The molecule has 0 saturated heterocycles. The molecule has 1 unspecified atom stereocenters. The summed E-state index contributed by atoms with van der Waals surface area (Å²) in [6, 6.07) is 13.9. The van der Waals surface area contributed by atoms with Gasteiger partial charge in [0.2, 0.25) is 5.91 Å². The van der Waals surface area contributed by atoms with Gasteiger partial charge in [0.05, 0.1) is 7.11 Å². The predicted molar refractivity (Wildman–Crippen MR) is 120 cm³/mol. The molecule has 0 heterocycles. The van der Waals surface area contributed by atoms with Crippen molar-refractivity contribution in [1.29, 1.82) is 0 Å². The summed E-state index contributed by atoms with van der Waals surface area (Å²) in [5.74, 6) is 0.843. The first-order valence-corrected chi connectivity index (χ1v) is 10.9. The minimum Gasteiger partial charge on any atom is -0.497 e. The maximum Gasteiger partial charge on any atom is 0.261 e. The molecule has 1 atom stereocenters. The Morgan fingerprint density at radius 1 is 1.13 bits per heavy atom. The van der Waals surface area contributed by atoms with Gasteiger partial charge in [-0.3, -0.25) is 9.59 Å². The lowest BCUT2D eigenvalue weighted by Crippen LogP contribution is -2.50. The molecule has 2 aromatic rings. The number of amides is 2. The number of carbonyl (C=O) groups excluding carboxylic acids is 2. The van der Waals surface area contributed by atoms with Crippen LogP contribution in [-0.2, 0) is 16.1 Å². The highest BCUT2D eigenvalue weighted by atomic mass is 35.5. The number of nitrogens with zero attached hydrogens (tertiary/aromatic N) is 1. The van der Waals surface area contributed by atoms with Gasteiger partial charge in [-0.25, -0.2) is 0 Å². The van der Waals surface area contributed by atoms with Crippen molar-refractivity contribution in [3.05, 3.63) is 59.1 Å². The normalized spacial score (nSPS) is 14.7. The Kier molecular flexibility index (Phi) is 8.18. The van der Waals surface area contributed by atoms with Crippen LogP contribution in [0.1, 0.15) is 38.2 Å². The molecule has 6 nitrogen and oxygen atoms in total. The molecule has 1 N–H and O–H groups in total. The van der Waals surface area contributed by atoms with E-state index in [-0.39, 0.29) is 31.0 Å². The van der Waals surface area contributed by atoms with Crippen LogP contribution in [0.4, 0.5) is 0 Å². The lowest BCUT2D eigenvalue weighted by Gasteiger charge is -2.29. The van der Waals surface area contributed by atoms with Gasteiger partial charge in [0.25, 0.3) is 5.91 Å². The van der Waals surface area contributed by atoms with E-state index in [1.807, 2.05) is 12.1 Å². The van der Waals surface area contributed by atoms with Gasteiger partial charge in [-0.1, -0.05) is 36.6 Å². The summed E-state index contributed by atoms with van der Waals surface area (Å²) in [5, 5.41) is 3.67. The number of ether oxygens (including phenoxy) is 2. The van der Waals surface area contributed by atoms with E-state index in [0.717, 1.165) is 31.2 Å². The van der Waals surface area contributed by atoms with E-state index in [1.54, 1.807) is 55.3 Å². The second-order valence-electron chi connectivity index (χ2n) is 7.78. The zero-order valence-corrected chi connectivity index (χ0v) is 18.7. The number of nitrogens with one attached hydrogen (secondary N) is 1. The summed E-state index contributed by atoms with van der Waals surface area (Å²) in [4.78, 5) is 27.5. The molecule has 2 aromatic carbocycles. The third-order valence-corrected chi connectivity index (χ3v) is 5.77. The van der Waals surface area contributed by atoms with Crippen LogP contribution in [0.25, 0.3) is 0 Å². The van der Waals surface area contributed by atoms with E-state index in [4.69, 9.17) is 21.1 Å². The SMILES string of the molecule is COc1ccc(OCC(=O)N(Cc2cccc(Cl)c2)C(C)C(=O)NC2CCCC2)cc1. The van der Waals surface area contributed by atoms with Crippen molar-refractivity contribution in [2.45, 2.75) is 51.2 Å².